The first-order valence-corrected chi connectivity index (χ1v) is 12.2. The minimum absolute atomic E-state index is 0.0947. The summed E-state index contributed by atoms with van der Waals surface area (Å²) >= 11 is 5.85. The normalized spacial score (nSPS) is 22.7. The van der Waals surface area contributed by atoms with Crippen LogP contribution in [0.2, 0.25) is 5.02 Å². The Bertz CT molecular complexity index is 831. The Morgan fingerprint density at radius 2 is 1.76 bits per heavy atom. The maximum absolute atomic E-state index is 13.0. The number of amides is 1. The predicted octanol–water partition coefficient (Wildman–Crippen LogP) is 3.09. The van der Waals surface area contributed by atoms with Crippen molar-refractivity contribution in [1.82, 2.24) is 14.5 Å². The summed E-state index contributed by atoms with van der Waals surface area (Å²) in [6.07, 6.45) is 4.74. The Morgan fingerprint density at radius 1 is 1.10 bits per heavy atom. The molecule has 1 aromatic carbocycles. The number of hydrogen-bond donors (Lipinski definition) is 1. The molecular weight excluding hydrogens is 410 g/mol. The summed E-state index contributed by atoms with van der Waals surface area (Å²) in [7, 11) is -3.72. The SMILES string of the molecule is CC(C)N1CCC(N2CCC[C@H](NS(=O)(=O)/C=C/c3ccc(Cl)cc3)C2=O)CC1. The molecule has 0 aromatic heterocycles. The van der Waals surface area contributed by atoms with Crippen LogP contribution < -0.4 is 4.72 Å². The molecule has 0 aliphatic carbocycles. The van der Waals surface area contributed by atoms with Crippen molar-refractivity contribution in [2.75, 3.05) is 19.6 Å². The fraction of sp³-hybridized carbons (Fsp3) is 0.571. The summed E-state index contributed by atoms with van der Waals surface area (Å²) in [6, 6.07) is 6.92. The molecule has 0 spiro atoms. The number of nitrogens with one attached hydrogen (secondary N) is 1. The predicted molar refractivity (Wildman–Crippen MR) is 117 cm³/mol. The van der Waals surface area contributed by atoms with E-state index in [0.29, 0.717) is 24.0 Å². The van der Waals surface area contributed by atoms with Gasteiger partial charge in [0.05, 0.1) is 0 Å². The van der Waals surface area contributed by atoms with Gasteiger partial charge in [0.1, 0.15) is 6.04 Å². The molecule has 1 amide bonds. The van der Waals surface area contributed by atoms with Gasteiger partial charge in [-0.1, -0.05) is 23.7 Å². The molecule has 1 atom stereocenters. The van der Waals surface area contributed by atoms with E-state index in [2.05, 4.69) is 23.5 Å². The van der Waals surface area contributed by atoms with Crippen molar-refractivity contribution >= 4 is 33.6 Å². The van der Waals surface area contributed by atoms with E-state index in [1.807, 2.05) is 4.90 Å². The van der Waals surface area contributed by atoms with Gasteiger partial charge in [-0.25, -0.2) is 8.42 Å². The van der Waals surface area contributed by atoms with Crippen LogP contribution in [0.3, 0.4) is 0 Å². The van der Waals surface area contributed by atoms with Gasteiger partial charge in [-0.05, 0) is 63.3 Å². The largest absolute Gasteiger partial charge is 0.338 e. The maximum Gasteiger partial charge on any atom is 0.241 e. The van der Waals surface area contributed by atoms with Gasteiger partial charge < -0.3 is 9.80 Å². The van der Waals surface area contributed by atoms with E-state index in [1.54, 1.807) is 24.3 Å². The number of hydrogen-bond acceptors (Lipinski definition) is 4. The monoisotopic (exact) mass is 439 g/mol. The lowest BCUT2D eigenvalue weighted by Gasteiger charge is -2.43. The van der Waals surface area contributed by atoms with Crippen molar-refractivity contribution in [3.63, 3.8) is 0 Å². The molecular formula is C21H30ClN3O3S. The van der Waals surface area contributed by atoms with Crippen molar-refractivity contribution in [2.45, 2.75) is 57.7 Å². The highest BCUT2D eigenvalue weighted by Crippen LogP contribution is 2.23. The van der Waals surface area contributed by atoms with Crippen LogP contribution in [-0.4, -0.2) is 61.9 Å². The van der Waals surface area contributed by atoms with Crippen LogP contribution in [-0.2, 0) is 14.8 Å². The molecule has 0 saturated carbocycles. The topological polar surface area (TPSA) is 69.7 Å². The molecule has 0 radical (unpaired) electrons. The van der Waals surface area contributed by atoms with Crippen molar-refractivity contribution in [3.8, 4) is 0 Å². The first-order valence-electron chi connectivity index (χ1n) is 10.3. The van der Waals surface area contributed by atoms with Gasteiger partial charge in [-0.15, -0.1) is 0 Å². The van der Waals surface area contributed by atoms with Crippen molar-refractivity contribution in [2.24, 2.45) is 0 Å². The molecule has 8 heteroatoms. The standard InChI is InChI=1S/C21H30ClN3O3S/c1-16(2)24-13-9-19(10-14-24)25-12-3-4-20(21(25)26)23-29(27,28)15-11-17-5-7-18(22)8-6-17/h5-8,11,15-16,19-20,23H,3-4,9-10,12-14H2,1-2H3/b15-11+/t20-/m0/s1. The molecule has 2 heterocycles. The Balaban J connectivity index is 1.60. The van der Waals surface area contributed by atoms with Crippen molar-refractivity contribution in [1.29, 1.82) is 0 Å². The van der Waals surface area contributed by atoms with Gasteiger partial charge in [0, 0.05) is 42.1 Å². The van der Waals surface area contributed by atoms with Gasteiger partial charge in [0.2, 0.25) is 15.9 Å². The summed E-state index contributed by atoms with van der Waals surface area (Å²) in [6.45, 7) is 7.05. The number of halogens is 1. The number of piperidine rings is 2. The van der Waals surface area contributed by atoms with E-state index in [1.165, 1.54) is 6.08 Å². The Kier molecular flexibility index (Phi) is 7.37. The maximum atomic E-state index is 13.0. The van der Waals surface area contributed by atoms with E-state index in [-0.39, 0.29) is 11.9 Å². The molecule has 1 N–H and O–H groups in total. The third kappa shape index (κ3) is 6.04. The molecule has 2 aliphatic rings. The molecule has 2 aliphatic heterocycles. The van der Waals surface area contributed by atoms with Gasteiger partial charge in [-0.2, -0.15) is 4.72 Å². The van der Waals surface area contributed by atoms with E-state index >= 15 is 0 Å². The first-order chi connectivity index (χ1) is 13.7. The third-order valence-electron chi connectivity index (χ3n) is 5.76. The zero-order valence-corrected chi connectivity index (χ0v) is 18.6. The molecule has 0 bridgehead atoms. The van der Waals surface area contributed by atoms with Crippen LogP contribution in [0.25, 0.3) is 6.08 Å². The van der Waals surface area contributed by atoms with Crippen LogP contribution in [0, 0.1) is 0 Å². The third-order valence-corrected chi connectivity index (χ3v) is 7.12. The van der Waals surface area contributed by atoms with E-state index < -0.39 is 16.1 Å². The molecule has 160 valence electrons. The van der Waals surface area contributed by atoms with Crippen molar-refractivity contribution in [3.05, 3.63) is 40.3 Å². The molecule has 29 heavy (non-hydrogen) atoms. The number of nitrogens with zero attached hydrogens (tertiary/aromatic N) is 2. The molecule has 6 nitrogen and oxygen atoms in total. The summed E-state index contributed by atoms with van der Waals surface area (Å²) in [5.74, 6) is -0.0947. The lowest BCUT2D eigenvalue weighted by molar-refractivity contribution is -0.139. The summed E-state index contributed by atoms with van der Waals surface area (Å²) in [5, 5.41) is 1.71. The molecule has 2 fully saturated rings. The lowest BCUT2D eigenvalue weighted by atomic mass is 9.97. The van der Waals surface area contributed by atoms with Crippen molar-refractivity contribution < 1.29 is 13.2 Å². The number of rotatable bonds is 6. The Labute approximate surface area is 178 Å². The zero-order chi connectivity index (χ0) is 21.0. The second-order valence-corrected chi connectivity index (χ2v) is 10.1. The van der Waals surface area contributed by atoms with Gasteiger partial charge in [0.15, 0.2) is 0 Å². The number of benzene rings is 1. The number of carbonyl (C=O) groups is 1. The van der Waals surface area contributed by atoms with Crippen LogP contribution in [0.5, 0.6) is 0 Å². The second kappa shape index (κ2) is 9.60. The molecule has 0 unspecified atom stereocenters. The van der Waals surface area contributed by atoms with Crippen LogP contribution in [0.1, 0.15) is 45.1 Å². The highest BCUT2D eigenvalue weighted by Gasteiger charge is 2.36. The summed E-state index contributed by atoms with van der Waals surface area (Å²) < 4.78 is 27.5. The van der Waals surface area contributed by atoms with Crippen LogP contribution in [0.4, 0.5) is 0 Å². The smallest absolute Gasteiger partial charge is 0.241 e. The molecule has 2 saturated heterocycles. The first kappa shape index (κ1) is 22.3. The average Bonchev–Trinajstić information content (AvgIpc) is 2.69. The van der Waals surface area contributed by atoms with Crippen LogP contribution >= 0.6 is 11.6 Å². The minimum atomic E-state index is -3.72. The summed E-state index contributed by atoms with van der Waals surface area (Å²) in [5.41, 5.74) is 0.730. The summed E-state index contributed by atoms with van der Waals surface area (Å²) in [4.78, 5) is 17.3. The fourth-order valence-electron chi connectivity index (χ4n) is 4.06. The van der Waals surface area contributed by atoms with Gasteiger partial charge in [0.25, 0.3) is 0 Å². The van der Waals surface area contributed by atoms with Gasteiger partial charge >= 0.3 is 0 Å². The quantitative estimate of drug-likeness (QED) is 0.739. The zero-order valence-electron chi connectivity index (χ0n) is 17.1. The Hall–Kier alpha value is -1.41. The Morgan fingerprint density at radius 3 is 2.38 bits per heavy atom. The van der Waals surface area contributed by atoms with Gasteiger partial charge in [-0.3, -0.25) is 4.79 Å². The van der Waals surface area contributed by atoms with Crippen LogP contribution in [0.15, 0.2) is 29.7 Å². The number of sulfonamides is 1. The molecule has 3 rings (SSSR count). The fourth-order valence-corrected chi connectivity index (χ4v) is 5.22. The highest BCUT2D eigenvalue weighted by atomic mass is 35.5. The molecule has 1 aromatic rings. The van der Waals surface area contributed by atoms with E-state index in [0.717, 1.165) is 43.3 Å². The number of carbonyl (C=O) groups excluding carboxylic acids is 1. The minimum Gasteiger partial charge on any atom is -0.338 e. The number of likely N-dealkylation sites (tertiary alicyclic amines) is 2. The second-order valence-electron chi connectivity index (χ2n) is 8.10. The highest BCUT2D eigenvalue weighted by molar-refractivity contribution is 7.92. The van der Waals surface area contributed by atoms with E-state index in [4.69, 9.17) is 11.6 Å². The lowest BCUT2D eigenvalue weighted by Crippen LogP contribution is -2.57. The van der Waals surface area contributed by atoms with E-state index in [9.17, 15) is 13.2 Å². The average molecular weight is 440 g/mol.